The molecule has 0 saturated carbocycles. The summed E-state index contributed by atoms with van der Waals surface area (Å²) in [6.45, 7) is 1.46. The third-order valence-electron chi connectivity index (χ3n) is 1.35. The summed E-state index contributed by atoms with van der Waals surface area (Å²) in [4.78, 5) is 10.6. The van der Waals surface area contributed by atoms with Gasteiger partial charge in [0.25, 0.3) is 0 Å². The Morgan fingerprint density at radius 3 is 2.92 bits per heavy atom. The van der Waals surface area contributed by atoms with Crippen LogP contribution in [0.4, 0.5) is 0 Å². The van der Waals surface area contributed by atoms with Gasteiger partial charge in [-0.1, -0.05) is 0 Å². The Morgan fingerprint density at radius 1 is 1.62 bits per heavy atom. The van der Waals surface area contributed by atoms with Crippen molar-refractivity contribution < 1.29 is 14.6 Å². The summed E-state index contributed by atoms with van der Waals surface area (Å²) < 4.78 is 5.84. The largest absolute Gasteiger partial charge is 0.508 e. The van der Waals surface area contributed by atoms with E-state index in [4.69, 9.17) is 9.84 Å². The van der Waals surface area contributed by atoms with Gasteiger partial charge in [0.2, 0.25) is 0 Å². The van der Waals surface area contributed by atoms with Crippen LogP contribution in [0.25, 0.3) is 0 Å². The minimum Gasteiger partial charge on any atom is -0.508 e. The highest BCUT2D eigenvalue weighted by molar-refractivity contribution is 9.10. The van der Waals surface area contributed by atoms with Gasteiger partial charge < -0.3 is 9.84 Å². The first kappa shape index (κ1) is 10.1. The zero-order valence-corrected chi connectivity index (χ0v) is 8.67. The standard InChI is InChI=1S/C9H9BrO3/c1-6(11)5-13-9-4-7(12)2-3-8(9)10/h2-4,12H,5H2,1H3. The SMILES string of the molecule is CC(=O)COc1cc(O)ccc1Br. The zero-order chi connectivity index (χ0) is 9.84. The first-order valence-corrected chi connectivity index (χ1v) is 4.49. The van der Waals surface area contributed by atoms with Crippen molar-refractivity contribution in [2.75, 3.05) is 6.61 Å². The number of hydrogen-bond acceptors (Lipinski definition) is 3. The van der Waals surface area contributed by atoms with Crippen LogP contribution in [-0.2, 0) is 4.79 Å². The molecule has 0 aromatic heterocycles. The van der Waals surface area contributed by atoms with E-state index in [1.807, 2.05) is 0 Å². The van der Waals surface area contributed by atoms with E-state index in [0.717, 1.165) is 0 Å². The predicted molar refractivity (Wildman–Crippen MR) is 52.0 cm³/mol. The van der Waals surface area contributed by atoms with E-state index in [9.17, 15) is 4.79 Å². The number of rotatable bonds is 3. The molecule has 0 atom stereocenters. The summed E-state index contributed by atoms with van der Waals surface area (Å²) in [6, 6.07) is 4.64. The highest BCUT2D eigenvalue weighted by Crippen LogP contribution is 2.28. The van der Waals surface area contributed by atoms with E-state index in [2.05, 4.69) is 15.9 Å². The fraction of sp³-hybridized carbons (Fsp3) is 0.222. The number of phenolic OH excluding ortho intramolecular Hbond substituents is 1. The Morgan fingerprint density at radius 2 is 2.31 bits per heavy atom. The summed E-state index contributed by atoms with van der Waals surface area (Å²) in [5, 5.41) is 9.12. The van der Waals surface area contributed by atoms with Crippen molar-refractivity contribution in [3.05, 3.63) is 22.7 Å². The number of aromatic hydroxyl groups is 1. The normalized spacial score (nSPS) is 9.69. The topological polar surface area (TPSA) is 46.5 Å². The molecule has 1 aromatic carbocycles. The summed E-state index contributed by atoms with van der Waals surface area (Å²) in [6.07, 6.45) is 0. The van der Waals surface area contributed by atoms with Gasteiger partial charge in [-0.2, -0.15) is 0 Å². The van der Waals surface area contributed by atoms with Gasteiger partial charge >= 0.3 is 0 Å². The van der Waals surface area contributed by atoms with E-state index in [-0.39, 0.29) is 18.1 Å². The summed E-state index contributed by atoms with van der Waals surface area (Å²) in [5.74, 6) is 0.521. The summed E-state index contributed by atoms with van der Waals surface area (Å²) in [5.41, 5.74) is 0. The molecule has 0 fully saturated rings. The van der Waals surface area contributed by atoms with Gasteiger partial charge in [0.15, 0.2) is 5.78 Å². The molecule has 3 nitrogen and oxygen atoms in total. The van der Waals surface area contributed by atoms with E-state index >= 15 is 0 Å². The van der Waals surface area contributed by atoms with Gasteiger partial charge in [-0.05, 0) is 35.0 Å². The van der Waals surface area contributed by atoms with Crippen LogP contribution in [0.5, 0.6) is 11.5 Å². The number of ketones is 1. The number of hydrogen-bond donors (Lipinski definition) is 1. The molecule has 0 aliphatic heterocycles. The Kier molecular flexibility index (Phi) is 3.31. The van der Waals surface area contributed by atoms with E-state index in [1.165, 1.54) is 19.1 Å². The fourth-order valence-electron chi connectivity index (χ4n) is 0.782. The summed E-state index contributed by atoms with van der Waals surface area (Å²) in [7, 11) is 0. The first-order valence-electron chi connectivity index (χ1n) is 3.70. The first-order chi connectivity index (χ1) is 6.09. The summed E-state index contributed by atoms with van der Waals surface area (Å²) >= 11 is 3.23. The molecular weight excluding hydrogens is 236 g/mol. The second-order valence-electron chi connectivity index (χ2n) is 2.61. The van der Waals surface area contributed by atoms with Gasteiger partial charge in [0.05, 0.1) is 4.47 Å². The molecule has 0 unspecified atom stereocenters. The van der Waals surface area contributed by atoms with Crippen LogP contribution in [0.2, 0.25) is 0 Å². The van der Waals surface area contributed by atoms with Crippen LogP contribution in [0.15, 0.2) is 22.7 Å². The molecule has 1 N–H and O–H groups in total. The molecule has 1 aromatic rings. The van der Waals surface area contributed by atoms with Gasteiger partial charge in [-0.15, -0.1) is 0 Å². The predicted octanol–water partition coefficient (Wildman–Crippen LogP) is 2.12. The number of ether oxygens (including phenoxy) is 1. The van der Waals surface area contributed by atoms with E-state index < -0.39 is 0 Å². The average molecular weight is 245 g/mol. The third kappa shape index (κ3) is 3.06. The molecular formula is C9H9BrO3. The zero-order valence-electron chi connectivity index (χ0n) is 7.08. The smallest absolute Gasteiger partial charge is 0.167 e. The maximum Gasteiger partial charge on any atom is 0.167 e. The lowest BCUT2D eigenvalue weighted by molar-refractivity contribution is -0.118. The molecule has 0 bridgehead atoms. The quantitative estimate of drug-likeness (QED) is 0.887. The lowest BCUT2D eigenvalue weighted by Crippen LogP contribution is -2.06. The van der Waals surface area contributed by atoms with Gasteiger partial charge in [0.1, 0.15) is 18.1 Å². The van der Waals surface area contributed by atoms with Crippen molar-refractivity contribution in [1.29, 1.82) is 0 Å². The minimum atomic E-state index is -0.0600. The van der Waals surface area contributed by atoms with Crippen LogP contribution in [0.1, 0.15) is 6.92 Å². The number of carbonyl (C=O) groups excluding carboxylic acids is 1. The maximum absolute atomic E-state index is 10.6. The molecule has 13 heavy (non-hydrogen) atoms. The molecule has 0 aliphatic rings. The van der Waals surface area contributed by atoms with Crippen LogP contribution < -0.4 is 4.74 Å². The Bertz CT molecular complexity index is 323. The molecule has 0 radical (unpaired) electrons. The van der Waals surface area contributed by atoms with Gasteiger partial charge in [0, 0.05) is 6.07 Å². The van der Waals surface area contributed by atoms with E-state index in [1.54, 1.807) is 6.07 Å². The molecule has 70 valence electrons. The lowest BCUT2D eigenvalue weighted by Gasteiger charge is -2.05. The number of benzene rings is 1. The Balaban J connectivity index is 2.75. The number of Topliss-reactive ketones (excluding diaryl/α,β-unsaturated/α-hetero) is 1. The van der Waals surface area contributed by atoms with Gasteiger partial charge in [-0.3, -0.25) is 4.79 Å². The van der Waals surface area contributed by atoms with Gasteiger partial charge in [-0.25, -0.2) is 0 Å². The van der Waals surface area contributed by atoms with Crippen LogP contribution in [0.3, 0.4) is 0 Å². The number of halogens is 1. The molecule has 0 saturated heterocycles. The van der Waals surface area contributed by atoms with Crippen molar-refractivity contribution >= 4 is 21.7 Å². The van der Waals surface area contributed by atoms with Crippen molar-refractivity contribution in [3.63, 3.8) is 0 Å². The second kappa shape index (κ2) is 4.28. The maximum atomic E-state index is 10.6. The molecule has 0 heterocycles. The second-order valence-corrected chi connectivity index (χ2v) is 3.46. The van der Waals surface area contributed by atoms with Crippen LogP contribution in [0, 0.1) is 0 Å². The Labute approximate surface area is 84.5 Å². The highest BCUT2D eigenvalue weighted by atomic mass is 79.9. The average Bonchev–Trinajstić information content (AvgIpc) is 2.06. The van der Waals surface area contributed by atoms with Crippen molar-refractivity contribution in [2.45, 2.75) is 6.92 Å². The van der Waals surface area contributed by atoms with Crippen molar-refractivity contribution in [1.82, 2.24) is 0 Å². The molecule has 1 rings (SSSR count). The Hall–Kier alpha value is -1.03. The van der Waals surface area contributed by atoms with E-state index in [0.29, 0.717) is 10.2 Å². The number of phenols is 1. The fourth-order valence-corrected chi connectivity index (χ4v) is 1.14. The third-order valence-corrected chi connectivity index (χ3v) is 2.00. The van der Waals surface area contributed by atoms with Crippen molar-refractivity contribution in [3.8, 4) is 11.5 Å². The lowest BCUT2D eigenvalue weighted by atomic mass is 10.3. The molecule has 4 heteroatoms. The molecule has 0 spiro atoms. The highest BCUT2D eigenvalue weighted by Gasteiger charge is 2.03. The number of carbonyl (C=O) groups is 1. The van der Waals surface area contributed by atoms with Crippen LogP contribution in [-0.4, -0.2) is 17.5 Å². The minimum absolute atomic E-state index is 0.0159. The van der Waals surface area contributed by atoms with Crippen LogP contribution >= 0.6 is 15.9 Å². The molecule has 0 amide bonds. The van der Waals surface area contributed by atoms with Crippen molar-refractivity contribution in [2.24, 2.45) is 0 Å². The monoisotopic (exact) mass is 244 g/mol. The molecule has 0 aliphatic carbocycles.